The molecule has 1 aromatic heterocycles. The molecule has 0 saturated heterocycles. The number of pyridine rings is 1. The van der Waals surface area contributed by atoms with Crippen molar-refractivity contribution in [1.29, 1.82) is 0 Å². The van der Waals surface area contributed by atoms with E-state index in [9.17, 15) is 14.7 Å². The summed E-state index contributed by atoms with van der Waals surface area (Å²) < 4.78 is 0. The molecule has 0 unspecified atom stereocenters. The fourth-order valence-corrected chi connectivity index (χ4v) is 2.79. The van der Waals surface area contributed by atoms with E-state index in [0.29, 0.717) is 33.0 Å². The van der Waals surface area contributed by atoms with Gasteiger partial charge in [0.05, 0.1) is 11.1 Å². The predicted molar refractivity (Wildman–Crippen MR) is 111 cm³/mol. The third kappa shape index (κ3) is 3.73. The largest absolute Gasteiger partial charge is 0.478 e. The van der Waals surface area contributed by atoms with E-state index in [-0.39, 0.29) is 5.56 Å². The van der Waals surface area contributed by atoms with Crippen molar-refractivity contribution in [1.82, 2.24) is 4.98 Å². The molecule has 0 aliphatic heterocycles. The summed E-state index contributed by atoms with van der Waals surface area (Å²) in [6, 6.07) is 11.4. The van der Waals surface area contributed by atoms with E-state index < -0.39 is 11.9 Å². The summed E-state index contributed by atoms with van der Waals surface area (Å²) in [5, 5.41) is 14.5. The Morgan fingerprint density at radius 3 is 2.68 bits per heavy atom. The van der Waals surface area contributed by atoms with E-state index in [0.717, 1.165) is 5.39 Å². The van der Waals surface area contributed by atoms with Gasteiger partial charge in [-0.1, -0.05) is 18.7 Å². The van der Waals surface area contributed by atoms with Crippen molar-refractivity contribution < 1.29 is 14.7 Å². The number of carbonyl (C=O) groups excluding carboxylic acids is 1. The lowest BCUT2D eigenvalue weighted by Gasteiger charge is -2.10. The number of amides is 1. The van der Waals surface area contributed by atoms with Crippen LogP contribution in [0.5, 0.6) is 0 Å². The summed E-state index contributed by atoms with van der Waals surface area (Å²) in [5.41, 5.74) is 6.93. The van der Waals surface area contributed by atoms with Crippen LogP contribution in [-0.4, -0.2) is 35.2 Å². The molecule has 0 atom stereocenters. The second-order valence-electron chi connectivity index (χ2n) is 6.03. The minimum atomic E-state index is -1.04. The molecule has 3 rings (SSSR count). The lowest BCUT2D eigenvalue weighted by molar-refractivity contribution is 0.0696. The number of hydrogen-bond donors (Lipinski definition) is 3. The number of anilines is 2. The van der Waals surface area contributed by atoms with Crippen molar-refractivity contribution >= 4 is 53.2 Å². The quantitative estimate of drug-likeness (QED) is 0.587. The number of aliphatic imine (C=N–C) groups is 1. The maximum Gasteiger partial charge on any atom is 0.335 e. The first-order valence-electron chi connectivity index (χ1n) is 8.36. The summed E-state index contributed by atoms with van der Waals surface area (Å²) in [5.74, 6) is -1.11. The molecule has 3 aromatic rings. The second kappa shape index (κ2) is 7.71. The first-order chi connectivity index (χ1) is 13.4. The zero-order chi connectivity index (χ0) is 20.3. The second-order valence-corrected chi connectivity index (χ2v) is 6.03. The van der Waals surface area contributed by atoms with E-state index in [2.05, 4.69) is 21.9 Å². The number of carboxylic acids is 1. The van der Waals surface area contributed by atoms with Gasteiger partial charge in [0.15, 0.2) is 0 Å². The van der Waals surface area contributed by atoms with E-state index in [1.54, 1.807) is 49.7 Å². The zero-order valence-corrected chi connectivity index (χ0v) is 15.1. The van der Waals surface area contributed by atoms with E-state index in [1.165, 1.54) is 12.1 Å². The third-order valence-corrected chi connectivity index (χ3v) is 4.18. The van der Waals surface area contributed by atoms with Crippen LogP contribution in [0.4, 0.5) is 11.5 Å². The number of aromatic carboxylic acids is 1. The van der Waals surface area contributed by atoms with Gasteiger partial charge in [-0.3, -0.25) is 9.79 Å². The van der Waals surface area contributed by atoms with Crippen LogP contribution in [0.2, 0.25) is 0 Å². The summed E-state index contributed by atoms with van der Waals surface area (Å²) in [6.45, 7) is 4.13. The molecule has 2 aromatic carbocycles. The van der Waals surface area contributed by atoms with E-state index in [1.807, 2.05) is 0 Å². The summed E-state index contributed by atoms with van der Waals surface area (Å²) in [4.78, 5) is 31.3. The number of benzene rings is 2. The minimum absolute atomic E-state index is 0.132. The maximum atomic E-state index is 11.4. The highest BCUT2D eigenvalue weighted by Crippen LogP contribution is 2.16. The first-order valence-corrected chi connectivity index (χ1v) is 8.36. The Morgan fingerprint density at radius 2 is 2.00 bits per heavy atom. The van der Waals surface area contributed by atoms with Crippen LogP contribution in [0.25, 0.3) is 23.6 Å². The zero-order valence-electron chi connectivity index (χ0n) is 15.1. The van der Waals surface area contributed by atoms with Crippen LogP contribution >= 0.6 is 0 Å². The Labute approximate surface area is 160 Å². The number of rotatable bonds is 5. The number of nitrogens with zero attached hydrogens (tertiary/aromatic N) is 2. The van der Waals surface area contributed by atoms with Crippen molar-refractivity contribution in [2.24, 2.45) is 10.7 Å². The average Bonchev–Trinajstić information content (AvgIpc) is 2.67. The molecule has 28 heavy (non-hydrogen) atoms. The third-order valence-electron chi connectivity index (χ3n) is 4.18. The Kier molecular flexibility index (Phi) is 5.17. The Balaban J connectivity index is 2.24. The van der Waals surface area contributed by atoms with Gasteiger partial charge in [0.25, 0.3) is 0 Å². The van der Waals surface area contributed by atoms with Crippen LogP contribution in [0.15, 0.2) is 47.5 Å². The van der Waals surface area contributed by atoms with Gasteiger partial charge in [-0.05, 0) is 41.6 Å². The van der Waals surface area contributed by atoms with E-state index in [4.69, 9.17) is 5.73 Å². The predicted octanol–water partition coefficient (Wildman–Crippen LogP) is 1.67. The fraction of sp³-hybridized carbons (Fsp3) is 0.0476. The van der Waals surface area contributed by atoms with Gasteiger partial charge in [-0.15, -0.1) is 0 Å². The Hall–Kier alpha value is -4.00. The summed E-state index contributed by atoms with van der Waals surface area (Å²) in [6.07, 6.45) is 3.38. The maximum absolute atomic E-state index is 11.4. The molecule has 0 saturated carbocycles. The van der Waals surface area contributed by atoms with Gasteiger partial charge < -0.3 is 16.2 Å². The number of hydrogen-bond acceptors (Lipinski definition) is 5. The number of nitrogens with two attached hydrogens (primary N) is 1. The molecule has 140 valence electrons. The number of nitrogens with one attached hydrogen (secondary N) is 1. The summed E-state index contributed by atoms with van der Waals surface area (Å²) >= 11 is 0. The lowest BCUT2D eigenvalue weighted by atomic mass is 10.1. The van der Waals surface area contributed by atoms with Gasteiger partial charge in [-0.25, -0.2) is 9.78 Å². The molecule has 0 aliphatic carbocycles. The normalized spacial score (nSPS) is 11.8. The molecule has 4 N–H and O–H groups in total. The van der Waals surface area contributed by atoms with Gasteiger partial charge in [0.1, 0.15) is 5.82 Å². The molecule has 0 bridgehead atoms. The van der Waals surface area contributed by atoms with Crippen LogP contribution in [0.3, 0.4) is 0 Å². The molecule has 7 heteroatoms. The molecule has 0 radical (unpaired) electrons. The van der Waals surface area contributed by atoms with Crippen molar-refractivity contribution in [3.05, 3.63) is 64.0 Å². The smallest absolute Gasteiger partial charge is 0.335 e. The molecule has 0 aliphatic rings. The molecule has 1 heterocycles. The van der Waals surface area contributed by atoms with Gasteiger partial charge >= 0.3 is 5.97 Å². The van der Waals surface area contributed by atoms with E-state index >= 15 is 0 Å². The first kappa shape index (κ1) is 18.8. The molecular weight excluding hydrogens is 356 g/mol. The molecule has 1 amide bonds. The van der Waals surface area contributed by atoms with Crippen LogP contribution in [-0.2, 0) is 0 Å². The van der Waals surface area contributed by atoms with Crippen molar-refractivity contribution in [2.75, 3.05) is 12.4 Å². The van der Waals surface area contributed by atoms with Crippen molar-refractivity contribution in [3.8, 4) is 0 Å². The molecule has 7 nitrogen and oxygen atoms in total. The van der Waals surface area contributed by atoms with Gasteiger partial charge in [0, 0.05) is 35.1 Å². The monoisotopic (exact) mass is 374 g/mol. The summed E-state index contributed by atoms with van der Waals surface area (Å²) in [7, 11) is 1.65. The number of primary amides is 1. The van der Waals surface area contributed by atoms with Crippen molar-refractivity contribution in [2.45, 2.75) is 0 Å². The van der Waals surface area contributed by atoms with Gasteiger partial charge in [0.2, 0.25) is 5.91 Å². The standard InChI is InChI=1S/C21H18N4O3/c1-12-16-7-6-14(21(27)28)11-18(16)25-20(17(12)8-9-23-2)24-15-5-3-4-13(10-15)19(22)26/h3-11H,1H2,2H3,(H2,22,26)(H,24,25)(H,27,28)/b17-8+,23-9?. The Morgan fingerprint density at radius 1 is 1.21 bits per heavy atom. The highest BCUT2D eigenvalue weighted by atomic mass is 16.4. The number of aromatic nitrogens is 1. The topological polar surface area (TPSA) is 118 Å². The Bertz CT molecular complexity index is 1230. The highest BCUT2D eigenvalue weighted by Gasteiger charge is 2.09. The number of carboxylic acid groups (broad SMARTS) is 1. The number of fused-ring (bicyclic) bond motifs is 1. The highest BCUT2D eigenvalue weighted by molar-refractivity contribution is 5.96. The average molecular weight is 374 g/mol. The van der Waals surface area contributed by atoms with Crippen molar-refractivity contribution in [3.63, 3.8) is 0 Å². The number of carbonyl (C=O) groups is 2. The molecule has 0 spiro atoms. The van der Waals surface area contributed by atoms with Crippen LogP contribution in [0, 0.1) is 0 Å². The minimum Gasteiger partial charge on any atom is -0.478 e. The fourth-order valence-electron chi connectivity index (χ4n) is 2.79. The SMILES string of the molecule is C=c1/c(=C\C=NC)c(Nc2cccc(C(N)=O)c2)nc2cc(C(=O)O)ccc12. The molecule has 0 fully saturated rings. The van der Waals surface area contributed by atoms with Crippen LogP contribution in [0.1, 0.15) is 20.7 Å². The lowest BCUT2D eigenvalue weighted by Crippen LogP contribution is -2.29. The van der Waals surface area contributed by atoms with Gasteiger partial charge in [-0.2, -0.15) is 0 Å². The van der Waals surface area contributed by atoms with Crippen LogP contribution < -0.4 is 21.5 Å². The molecular formula is C21H18N4O3.